The number of hydrogen-bond donors (Lipinski definition) is 2. The van der Waals surface area contributed by atoms with E-state index in [0.717, 1.165) is 11.1 Å². The third-order valence-electron chi connectivity index (χ3n) is 6.06. The van der Waals surface area contributed by atoms with Crippen LogP contribution in [0.15, 0.2) is 88.3 Å². The van der Waals surface area contributed by atoms with Crippen LogP contribution in [0.25, 0.3) is 38.7 Å². The highest BCUT2D eigenvalue weighted by Crippen LogP contribution is 2.43. The molecule has 5 aromatic rings. The summed E-state index contributed by atoms with van der Waals surface area (Å²) in [4.78, 5) is 12.8. The van der Waals surface area contributed by atoms with Crippen LogP contribution in [0.2, 0.25) is 5.02 Å². The molecule has 8 nitrogen and oxygen atoms in total. The fourth-order valence-electron chi connectivity index (χ4n) is 4.17. The topological polar surface area (TPSA) is 123 Å². The maximum absolute atomic E-state index is 10.2. The van der Waals surface area contributed by atoms with Crippen LogP contribution in [0, 0.1) is 17.9 Å². The monoisotopic (exact) mass is 579 g/mol. The summed E-state index contributed by atoms with van der Waals surface area (Å²) in [6.45, 7) is 7.76. The first-order valence-corrected chi connectivity index (χ1v) is 13.8. The lowest BCUT2D eigenvalue weighted by Gasteiger charge is -2.13. The lowest BCUT2D eigenvalue weighted by molar-refractivity contribution is 0.201. The number of hydrogen-bond acceptors (Lipinski definition) is 8. The average molecular weight is 580 g/mol. The van der Waals surface area contributed by atoms with Crippen molar-refractivity contribution in [2.24, 2.45) is 0 Å². The number of anilines is 1. The molecule has 2 aromatic heterocycles. The number of aromatic nitrogens is 2. The molecule has 3 N–H and O–H groups in total. The van der Waals surface area contributed by atoms with Gasteiger partial charge in [-0.2, -0.15) is 5.26 Å². The number of ether oxygens (including phenoxy) is 1. The highest BCUT2D eigenvalue weighted by Gasteiger charge is 2.23. The molecule has 0 unspecified atom stereocenters. The van der Waals surface area contributed by atoms with Crippen molar-refractivity contribution in [3.05, 3.63) is 107 Å². The Morgan fingerprint density at radius 3 is 2.37 bits per heavy atom. The number of nitrogens with zero attached hydrogens (tertiary/aromatic N) is 4. The van der Waals surface area contributed by atoms with Crippen LogP contribution in [0.3, 0.4) is 0 Å². The van der Waals surface area contributed by atoms with Gasteiger partial charge >= 0.3 is 0 Å². The number of benzene rings is 3. The van der Waals surface area contributed by atoms with Crippen molar-refractivity contribution < 1.29 is 14.3 Å². The van der Waals surface area contributed by atoms with Gasteiger partial charge in [0.2, 0.25) is 11.6 Å². The highest BCUT2D eigenvalue weighted by atomic mass is 35.5. The summed E-state index contributed by atoms with van der Waals surface area (Å²) in [5, 5.41) is 20.2. The summed E-state index contributed by atoms with van der Waals surface area (Å²) >= 11 is 7.35. The van der Waals surface area contributed by atoms with Crippen LogP contribution in [-0.2, 0) is 5.75 Å². The molecule has 0 radical (unpaired) electrons. The molecule has 0 aliphatic carbocycles. The van der Waals surface area contributed by atoms with E-state index in [1.54, 1.807) is 36.4 Å². The Morgan fingerprint density at radius 1 is 1.00 bits per heavy atom. The smallest absolute Gasteiger partial charge is 0.236 e. The van der Waals surface area contributed by atoms with Gasteiger partial charge in [0.15, 0.2) is 5.76 Å². The van der Waals surface area contributed by atoms with E-state index >= 15 is 0 Å². The first kappa shape index (κ1) is 27.8. The first-order chi connectivity index (χ1) is 20.0. The number of oxazole rings is 1. The molecule has 2 heterocycles. The Labute approximate surface area is 245 Å². The molecule has 0 spiro atoms. The quantitative estimate of drug-likeness (QED) is 0.137. The summed E-state index contributed by atoms with van der Waals surface area (Å²) in [5.41, 5.74) is 9.89. The second-order valence-electron chi connectivity index (χ2n) is 8.68. The summed E-state index contributed by atoms with van der Waals surface area (Å²) in [7, 11) is 0. The van der Waals surface area contributed by atoms with E-state index in [0.29, 0.717) is 50.0 Å². The standard InChI is InChI=1S/C31H22ClN5O3S/c1-35-27-26(19-9-13-23(14-10-19)39-16-15-38)24(17-33)31(37-29(27)34)41-18-25-28(20-5-3-2-4-6-20)40-30(36-25)21-7-11-22(32)12-8-21/h2-14,38H,15-16,18H2,(H2,34,37). The van der Waals surface area contributed by atoms with E-state index in [-0.39, 0.29) is 30.3 Å². The molecule has 10 heteroatoms. The van der Waals surface area contributed by atoms with Gasteiger partial charge in [-0.05, 0) is 42.0 Å². The number of thioether (sulfide) groups is 1. The number of nitriles is 1. The molecular weight excluding hydrogens is 558 g/mol. The maximum Gasteiger partial charge on any atom is 0.236 e. The molecule has 0 bridgehead atoms. The predicted molar refractivity (Wildman–Crippen MR) is 160 cm³/mol. The molecule has 0 fully saturated rings. The highest BCUT2D eigenvalue weighted by molar-refractivity contribution is 7.98. The van der Waals surface area contributed by atoms with Crippen molar-refractivity contribution in [1.82, 2.24) is 9.97 Å². The van der Waals surface area contributed by atoms with Crippen LogP contribution in [-0.4, -0.2) is 28.3 Å². The molecule has 0 saturated heterocycles. The number of aliphatic hydroxyl groups is 1. The van der Waals surface area contributed by atoms with Gasteiger partial charge in [-0.25, -0.2) is 14.8 Å². The first-order valence-electron chi connectivity index (χ1n) is 12.4. The zero-order chi connectivity index (χ0) is 28.8. The molecule has 0 aliphatic rings. The van der Waals surface area contributed by atoms with E-state index < -0.39 is 0 Å². The van der Waals surface area contributed by atoms with Crippen LogP contribution in [0.5, 0.6) is 5.75 Å². The Morgan fingerprint density at radius 2 is 1.71 bits per heavy atom. The maximum atomic E-state index is 10.2. The minimum Gasteiger partial charge on any atom is -0.491 e. The summed E-state index contributed by atoms with van der Waals surface area (Å²) in [6.07, 6.45) is 0. The van der Waals surface area contributed by atoms with Crippen molar-refractivity contribution in [3.8, 4) is 45.7 Å². The molecule has 0 atom stereocenters. The molecule has 0 saturated carbocycles. The van der Waals surface area contributed by atoms with Gasteiger partial charge < -0.3 is 20.0 Å². The van der Waals surface area contributed by atoms with Gasteiger partial charge in [-0.1, -0.05) is 65.8 Å². The minimum atomic E-state index is -0.109. The Kier molecular flexibility index (Phi) is 8.52. The van der Waals surface area contributed by atoms with E-state index in [1.165, 1.54) is 11.8 Å². The number of nitrogen functional groups attached to an aromatic ring is 1. The molecule has 5 rings (SSSR count). The van der Waals surface area contributed by atoms with E-state index in [9.17, 15) is 5.26 Å². The number of pyridine rings is 1. The van der Waals surface area contributed by atoms with Crippen LogP contribution < -0.4 is 10.5 Å². The van der Waals surface area contributed by atoms with Gasteiger partial charge in [0.05, 0.1) is 24.4 Å². The number of rotatable bonds is 9. The third-order valence-corrected chi connectivity index (χ3v) is 7.30. The van der Waals surface area contributed by atoms with Gasteiger partial charge in [-0.3, -0.25) is 0 Å². The Balaban J connectivity index is 1.53. The molecule has 3 aromatic carbocycles. The predicted octanol–water partition coefficient (Wildman–Crippen LogP) is 7.39. The fraction of sp³-hybridized carbons (Fsp3) is 0.0968. The van der Waals surface area contributed by atoms with Gasteiger partial charge in [-0.15, -0.1) is 0 Å². The van der Waals surface area contributed by atoms with Crippen molar-refractivity contribution in [3.63, 3.8) is 0 Å². The lowest BCUT2D eigenvalue weighted by atomic mass is 10.00. The summed E-state index contributed by atoms with van der Waals surface area (Å²) in [6, 6.07) is 26.0. The van der Waals surface area contributed by atoms with Gasteiger partial charge in [0.1, 0.15) is 29.3 Å². The molecule has 0 amide bonds. The number of nitrogens with two attached hydrogens (primary N) is 1. The Hall–Kier alpha value is -4.80. The Bertz CT molecular complexity index is 1760. The largest absolute Gasteiger partial charge is 0.491 e. The molecule has 0 aliphatic heterocycles. The molecule has 41 heavy (non-hydrogen) atoms. The number of halogens is 1. The van der Waals surface area contributed by atoms with E-state index in [4.69, 9.17) is 43.2 Å². The summed E-state index contributed by atoms with van der Waals surface area (Å²) in [5.74, 6) is 1.95. The third kappa shape index (κ3) is 6.03. The van der Waals surface area contributed by atoms with Gasteiger partial charge in [0.25, 0.3) is 0 Å². The second-order valence-corrected chi connectivity index (χ2v) is 10.1. The average Bonchev–Trinajstić information content (AvgIpc) is 3.44. The second kappa shape index (κ2) is 12.6. The van der Waals surface area contributed by atoms with Crippen molar-refractivity contribution >= 4 is 34.9 Å². The number of aliphatic hydroxyl groups excluding tert-OH is 1. The minimum absolute atomic E-state index is 0.0300. The zero-order valence-corrected chi connectivity index (χ0v) is 23.1. The normalized spacial score (nSPS) is 10.6. The van der Waals surface area contributed by atoms with Crippen LogP contribution in [0.1, 0.15) is 11.3 Å². The van der Waals surface area contributed by atoms with Crippen molar-refractivity contribution in [1.29, 1.82) is 5.26 Å². The summed E-state index contributed by atoms with van der Waals surface area (Å²) < 4.78 is 11.7. The molecule has 202 valence electrons. The van der Waals surface area contributed by atoms with Crippen LogP contribution in [0.4, 0.5) is 11.5 Å². The van der Waals surface area contributed by atoms with Gasteiger partial charge in [0, 0.05) is 27.5 Å². The molecular formula is C31H22ClN5O3S. The van der Waals surface area contributed by atoms with Crippen molar-refractivity contribution in [2.75, 3.05) is 18.9 Å². The van der Waals surface area contributed by atoms with E-state index in [2.05, 4.69) is 15.9 Å². The van der Waals surface area contributed by atoms with E-state index in [1.807, 2.05) is 42.5 Å². The van der Waals surface area contributed by atoms with Crippen molar-refractivity contribution in [2.45, 2.75) is 10.8 Å². The SMILES string of the molecule is [C-]#[N+]c1c(N)nc(SCc2nc(-c3ccc(Cl)cc3)oc2-c2ccccc2)c(C#N)c1-c1ccc(OCCO)cc1. The lowest BCUT2D eigenvalue weighted by Crippen LogP contribution is -2.02. The van der Waals surface area contributed by atoms with Crippen LogP contribution >= 0.6 is 23.4 Å². The fourth-order valence-corrected chi connectivity index (χ4v) is 5.22. The zero-order valence-electron chi connectivity index (χ0n) is 21.5.